The van der Waals surface area contributed by atoms with Crippen molar-refractivity contribution in [2.24, 2.45) is 7.05 Å². The molecule has 4 aromatic rings. The lowest BCUT2D eigenvalue weighted by Crippen LogP contribution is -1.99. The number of rotatable bonds is 3. The molecule has 2 heterocycles. The summed E-state index contributed by atoms with van der Waals surface area (Å²) in [5, 5.41) is 11.0. The second-order valence-corrected chi connectivity index (χ2v) is 5.54. The first-order valence-electron chi connectivity index (χ1n) is 7.65. The molecule has 0 bridgehead atoms. The fraction of sp³-hybridized carbons (Fsp3) is 0.105. The van der Waals surface area contributed by atoms with Crippen LogP contribution in [0.2, 0.25) is 0 Å². The smallest absolute Gasteiger partial charge is 0.160 e. The zero-order valence-corrected chi connectivity index (χ0v) is 13.5. The Balaban J connectivity index is 2.04. The maximum absolute atomic E-state index is 5.40. The van der Waals surface area contributed by atoms with Crippen molar-refractivity contribution in [3.05, 3.63) is 60.9 Å². The van der Waals surface area contributed by atoms with Crippen LogP contribution in [0.1, 0.15) is 0 Å². The molecule has 118 valence electrons. The van der Waals surface area contributed by atoms with Gasteiger partial charge in [0.15, 0.2) is 5.82 Å². The molecule has 0 spiro atoms. The Morgan fingerprint density at radius 3 is 2.42 bits per heavy atom. The van der Waals surface area contributed by atoms with E-state index in [2.05, 4.69) is 15.2 Å². The fourth-order valence-corrected chi connectivity index (χ4v) is 2.83. The second kappa shape index (κ2) is 5.77. The molecule has 24 heavy (non-hydrogen) atoms. The van der Waals surface area contributed by atoms with Crippen molar-refractivity contribution in [3.8, 4) is 28.5 Å². The summed E-state index contributed by atoms with van der Waals surface area (Å²) in [5.74, 6) is 1.58. The van der Waals surface area contributed by atoms with E-state index >= 15 is 0 Å². The lowest BCUT2D eigenvalue weighted by Gasteiger charge is -2.11. The zero-order chi connectivity index (χ0) is 16.5. The zero-order valence-electron chi connectivity index (χ0n) is 13.5. The SMILES string of the molecule is COc1ccc2c(-c3nccn3C)nnc(-c3ccccc3)c2c1. The molecular formula is C19H16N4O. The highest BCUT2D eigenvalue weighted by molar-refractivity contribution is 6.01. The fourth-order valence-electron chi connectivity index (χ4n) is 2.83. The summed E-state index contributed by atoms with van der Waals surface area (Å²) in [6.45, 7) is 0. The molecule has 0 atom stereocenters. The van der Waals surface area contributed by atoms with E-state index in [1.807, 2.05) is 66.3 Å². The number of aryl methyl sites for hydroxylation is 1. The minimum atomic E-state index is 0.764. The van der Waals surface area contributed by atoms with Gasteiger partial charge in [0.2, 0.25) is 0 Å². The van der Waals surface area contributed by atoms with Gasteiger partial charge in [-0.3, -0.25) is 0 Å². The van der Waals surface area contributed by atoms with Crippen LogP contribution in [0.3, 0.4) is 0 Å². The molecule has 2 aromatic heterocycles. The standard InChI is InChI=1S/C19H16N4O/c1-23-11-10-20-19(23)18-15-9-8-14(24-2)12-16(15)17(21-22-18)13-6-4-3-5-7-13/h3-12H,1-2H3. The molecule has 5 nitrogen and oxygen atoms in total. The first kappa shape index (κ1) is 14.4. The minimum absolute atomic E-state index is 0.764. The topological polar surface area (TPSA) is 52.8 Å². The molecule has 0 aliphatic heterocycles. The van der Waals surface area contributed by atoms with Crippen LogP contribution in [0.5, 0.6) is 5.75 Å². The number of methoxy groups -OCH3 is 1. The van der Waals surface area contributed by atoms with Gasteiger partial charge in [-0.05, 0) is 18.2 Å². The summed E-state index contributed by atoms with van der Waals surface area (Å²) in [6.07, 6.45) is 3.66. The Hall–Kier alpha value is -3.21. The molecule has 0 fully saturated rings. The summed E-state index contributed by atoms with van der Waals surface area (Å²) in [5.41, 5.74) is 2.62. The predicted octanol–water partition coefficient (Wildman–Crippen LogP) is 3.71. The summed E-state index contributed by atoms with van der Waals surface area (Å²) in [7, 11) is 3.61. The number of hydrogen-bond acceptors (Lipinski definition) is 4. The number of benzene rings is 2. The van der Waals surface area contributed by atoms with E-state index in [0.717, 1.165) is 39.3 Å². The Labute approximate surface area is 139 Å². The van der Waals surface area contributed by atoms with Crippen LogP contribution in [-0.4, -0.2) is 26.9 Å². The molecule has 0 amide bonds. The Morgan fingerprint density at radius 2 is 1.71 bits per heavy atom. The summed E-state index contributed by atoms with van der Waals surface area (Å²) >= 11 is 0. The van der Waals surface area contributed by atoms with Crippen molar-refractivity contribution >= 4 is 10.8 Å². The van der Waals surface area contributed by atoms with E-state index in [1.54, 1.807) is 13.3 Å². The quantitative estimate of drug-likeness (QED) is 0.578. The molecule has 2 aromatic carbocycles. The number of imidazole rings is 1. The molecule has 0 aliphatic carbocycles. The monoisotopic (exact) mass is 316 g/mol. The van der Waals surface area contributed by atoms with Gasteiger partial charge in [-0.25, -0.2) is 4.98 Å². The highest BCUT2D eigenvalue weighted by Crippen LogP contribution is 2.33. The number of aromatic nitrogens is 4. The third-order valence-corrected chi connectivity index (χ3v) is 4.07. The first-order chi connectivity index (χ1) is 11.8. The minimum Gasteiger partial charge on any atom is -0.497 e. The van der Waals surface area contributed by atoms with Gasteiger partial charge >= 0.3 is 0 Å². The third-order valence-electron chi connectivity index (χ3n) is 4.07. The van der Waals surface area contributed by atoms with Crippen molar-refractivity contribution in [2.75, 3.05) is 7.11 Å². The highest BCUT2D eigenvalue weighted by atomic mass is 16.5. The highest BCUT2D eigenvalue weighted by Gasteiger charge is 2.15. The van der Waals surface area contributed by atoms with Gasteiger partial charge in [0.05, 0.1) is 7.11 Å². The van der Waals surface area contributed by atoms with E-state index in [9.17, 15) is 0 Å². The molecule has 0 aliphatic rings. The Morgan fingerprint density at radius 1 is 0.917 bits per heavy atom. The molecular weight excluding hydrogens is 300 g/mol. The molecule has 0 saturated heterocycles. The molecule has 0 saturated carbocycles. The van der Waals surface area contributed by atoms with Gasteiger partial charge in [0, 0.05) is 35.8 Å². The molecule has 0 radical (unpaired) electrons. The van der Waals surface area contributed by atoms with Crippen LogP contribution in [-0.2, 0) is 7.05 Å². The van der Waals surface area contributed by atoms with Gasteiger partial charge < -0.3 is 9.30 Å². The summed E-state index contributed by atoms with van der Waals surface area (Å²) in [4.78, 5) is 4.41. The van der Waals surface area contributed by atoms with Gasteiger partial charge in [0.25, 0.3) is 0 Å². The van der Waals surface area contributed by atoms with E-state index in [0.29, 0.717) is 0 Å². The van der Waals surface area contributed by atoms with Crippen molar-refractivity contribution in [3.63, 3.8) is 0 Å². The van der Waals surface area contributed by atoms with Crippen LogP contribution in [0.15, 0.2) is 60.9 Å². The van der Waals surface area contributed by atoms with Crippen LogP contribution in [0.4, 0.5) is 0 Å². The maximum Gasteiger partial charge on any atom is 0.160 e. The van der Waals surface area contributed by atoms with E-state index in [1.165, 1.54) is 0 Å². The normalized spacial score (nSPS) is 10.9. The van der Waals surface area contributed by atoms with Crippen LogP contribution in [0.25, 0.3) is 33.5 Å². The van der Waals surface area contributed by atoms with E-state index in [-0.39, 0.29) is 0 Å². The van der Waals surface area contributed by atoms with Crippen molar-refractivity contribution < 1.29 is 4.74 Å². The largest absolute Gasteiger partial charge is 0.497 e. The number of ether oxygens (including phenoxy) is 1. The third kappa shape index (κ3) is 2.31. The second-order valence-electron chi connectivity index (χ2n) is 5.54. The lowest BCUT2D eigenvalue weighted by molar-refractivity contribution is 0.415. The van der Waals surface area contributed by atoms with Gasteiger partial charge in [-0.15, -0.1) is 10.2 Å². The predicted molar refractivity (Wildman–Crippen MR) is 93.7 cm³/mol. The lowest BCUT2D eigenvalue weighted by atomic mass is 10.0. The Bertz CT molecular complexity index is 1010. The molecule has 4 rings (SSSR count). The summed E-state index contributed by atoms with van der Waals surface area (Å²) < 4.78 is 7.34. The molecule has 0 unspecified atom stereocenters. The number of fused-ring (bicyclic) bond motifs is 1. The van der Waals surface area contributed by atoms with E-state index < -0.39 is 0 Å². The molecule has 0 N–H and O–H groups in total. The summed E-state index contributed by atoms with van der Waals surface area (Å²) in [6, 6.07) is 16.0. The van der Waals surface area contributed by atoms with Crippen LogP contribution < -0.4 is 4.74 Å². The van der Waals surface area contributed by atoms with Crippen molar-refractivity contribution in [1.82, 2.24) is 19.7 Å². The first-order valence-corrected chi connectivity index (χ1v) is 7.65. The van der Waals surface area contributed by atoms with Crippen LogP contribution in [0, 0.1) is 0 Å². The van der Waals surface area contributed by atoms with Gasteiger partial charge in [0.1, 0.15) is 17.1 Å². The van der Waals surface area contributed by atoms with Crippen LogP contribution >= 0.6 is 0 Å². The molecule has 5 heteroatoms. The Kier molecular flexibility index (Phi) is 3.46. The average molecular weight is 316 g/mol. The van der Waals surface area contributed by atoms with E-state index in [4.69, 9.17) is 4.74 Å². The van der Waals surface area contributed by atoms with Crippen molar-refractivity contribution in [2.45, 2.75) is 0 Å². The average Bonchev–Trinajstić information content (AvgIpc) is 3.06. The number of hydrogen-bond donors (Lipinski definition) is 0. The van der Waals surface area contributed by atoms with Crippen molar-refractivity contribution in [1.29, 1.82) is 0 Å². The maximum atomic E-state index is 5.40. The van der Waals surface area contributed by atoms with Gasteiger partial charge in [-0.2, -0.15) is 0 Å². The van der Waals surface area contributed by atoms with Gasteiger partial charge in [-0.1, -0.05) is 30.3 Å². The number of nitrogens with zero attached hydrogens (tertiary/aromatic N) is 4.